The minimum atomic E-state index is -2.05. The largest absolute Gasteiger partial charge is 0.480 e. The van der Waals surface area contributed by atoms with E-state index in [0.29, 0.717) is 56.9 Å². The maximum absolute atomic E-state index is 14.8. The van der Waals surface area contributed by atoms with Crippen LogP contribution >= 0.6 is 0 Å². The zero-order valence-electron chi connectivity index (χ0n) is 43.8. The zero-order valence-corrected chi connectivity index (χ0v) is 43.8. The van der Waals surface area contributed by atoms with E-state index >= 15 is 0 Å². The highest BCUT2D eigenvalue weighted by molar-refractivity contribution is 5.87. The van der Waals surface area contributed by atoms with Crippen molar-refractivity contribution < 1.29 is 124 Å². The van der Waals surface area contributed by atoms with E-state index in [0.717, 1.165) is 5.57 Å². The van der Waals surface area contributed by atoms with Crippen LogP contribution < -0.4 is 5.32 Å². The quantitative estimate of drug-likeness (QED) is 0.0422. The molecule has 444 valence electrons. The SMILES string of the molecule is C=C1C[C@]23CC[C@@H]4[C@](C)(C(=O)OC5O[C@H](C(=O)N[C@H](Cc6ccccc6)C(=O)O)[C@@H](O)[C@H](O)[C@H]5O)CCC[C@@]4(C)C2CC(O[C@@H]2O[C@H](CO)[C@@H](O)C(O[C@@H]4O[C@H](CO)[C@@H](O)[C@H](O)[C@H]4O)[C@H]2O[C@@H]2O[C@H](CO)[C@@H](O)[C@H](O)[C@H]2O)C1C3. The normalized spacial score (nSPS) is 48.3. The predicted octanol–water partition coefficient (Wildman–Crippen LogP) is -4.44. The van der Waals surface area contributed by atoms with Crippen molar-refractivity contribution in [2.45, 2.75) is 207 Å². The molecule has 0 radical (unpaired) electrons. The lowest BCUT2D eigenvalue weighted by molar-refractivity contribution is -0.397. The fourth-order valence-electron chi connectivity index (χ4n) is 14.7. The zero-order chi connectivity index (χ0) is 57.2. The van der Waals surface area contributed by atoms with Crippen molar-refractivity contribution in [2.24, 2.45) is 34.0 Å². The van der Waals surface area contributed by atoms with E-state index in [1.807, 2.05) is 0 Å². The first-order valence-corrected chi connectivity index (χ1v) is 27.1. The predicted molar refractivity (Wildman–Crippen MR) is 262 cm³/mol. The summed E-state index contributed by atoms with van der Waals surface area (Å²) in [5, 5.41) is 153. The highest BCUT2D eigenvalue weighted by atomic mass is 16.8. The number of fused-ring (bicyclic) bond motifs is 3. The van der Waals surface area contributed by atoms with Gasteiger partial charge in [0.25, 0.3) is 5.91 Å². The van der Waals surface area contributed by atoms with Crippen LogP contribution in [0.25, 0.3) is 0 Å². The number of carbonyl (C=O) groups is 3. The minimum absolute atomic E-state index is 0.135. The molecule has 4 saturated carbocycles. The molecule has 4 aliphatic carbocycles. The maximum atomic E-state index is 14.8. The molecule has 4 heterocycles. The van der Waals surface area contributed by atoms with Crippen LogP contribution in [0, 0.1) is 34.0 Å². The van der Waals surface area contributed by atoms with Gasteiger partial charge < -0.3 is 115 Å². The number of hydrogen-bond acceptors (Lipinski definition) is 24. The number of hydrogen-bond donors (Lipinski definition) is 15. The third-order valence-electron chi connectivity index (χ3n) is 18.9. The third kappa shape index (κ3) is 11.0. The van der Waals surface area contributed by atoms with Gasteiger partial charge in [0.15, 0.2) is 25.0 Å². The van der Waals surface area contributed by atoms with E-state index in [2.05, 4.69) is 18.8 Å². The number of benzene rings is 1. The average Bonchev–Trinajstić information content (AvgIpc) is 3.71. The second kappa shape index (κ2) is 23.7. The lowest BCUT2D eigenvalue weighted by Gasteiger charge is -2.64. The molecule has 2 bridgehead atoms. The monoisotopic (exact) mass is 1130 g/mol. The van der Waals surface area contributed by atoms with Crippen LogP contribution in [0.2, 0.25) is 0 Å². The molecule has 79 heavy (non-hydrogen) atoms. The summed E-state index contributed by atoms with van der Waals surface area (Å²) in [5.74, 6) is -4.26. The summed E-state index contributed by atoms with van der Waals surface area (Å²) in [6.07, 6.45) is -33.6. The van der Waals surface area contributed by atoms with Gasteiger partial charge in [-0.15, -0.1) is 0 Å². The summed E-state index contributed by atoms with van der Waals surface area (Å²) in [6.45, 7) is 5.80. The van der Waals surface area contributed by atoms with E-state index < -0.39 is 189 Å². The Morgan fingerprint density at radius 1 is 0.658 bits per heavy atom. The summed E-state index contributed by atoms with van der Waals surface area (Å²) in [7, 11) is 0. The van der Waals surface area contributed by atoms with Gasteiger partial charge in [0.2, 0.25) is 6.29 Å². The van der Waals surface area contributed by atoms with Crippen LogP contribution in [0.5, 0.6) is 0 Å². The smallest absolute Gasteiger partial charge is 0.326 e. The number of aliphatic hydroxyl groups is 13. The summed E-state index contributed by atoms with van der Waals surface area (Å²) < 4.78 is 48.6. The number of aliphatic hydroxyl groups excluding tert-OH is 13. The number of carbonyl (C=O) groups excluding carboxylic acids is 2. The molecule has 4 saturated heterocycles. The molecule has 5 unspecified atom stereocenters. The fraction of sp³-hybridized carbons (Fsp3) is 0.792. The number of carboxylic acids is 1. The molecule has 26 nitrogen and oxygen atoms in total. The van der Waals surface area contributed by atoms with Gasteiger partial charge in [-0.25, -0.2) is 4.79 Å². The number of carboxylic acid groups (broad SMARTS) is 1. The second-order valence-corrected chi connectivity index (χ2v) is 23.5. The molecule has 8 fully saturated rings. The molecule has 1 spiro atoms. The topological polar surface area (TPSA) is 420 Å². The van der Waals surface area contributed by atoms with Gasteiger partial charge in [-0.3, -0.25) is 9.59 Å². The number of nitrogens with one attached hydrogen (secondary N) is 1. The number of esters is 1. The maximum Gasteiger partial charge on any atom is 0.326 e. The van der Waals surface area contributed by atoms with Gasteiger partial charge in [0.05, 0.1) is 31.3 Å². The molecule has 15 N–H and O–H groups in total. The molecule has 9 rings (SSSR count). The molecule has 26 heteroatoms. The van der Waals surface area contributed by atoms with Crippen molar-refractivity contribution in [3.05, 3.63) is 48.0 Å². The van der Waals surface area contributed by atoms with E-state index in [1.165, 1.54) is 0 Å². The van der Waals surface area contributed by atoms with Crippen molar-refractivity contribution in [3.63, 3.8) is 0 Å². The van der Waals surface area contributed by atoms with Crippen molar-refractivity contribution in [1.29, 1.82) is 0 Å². The van der Waals surface area contributed by atoms with Crippen molar-refractivity contribution >= 4 is 17.8 Å². The molecule has 1 aromatic carbocycles. The lowest BCUT2D eigenvalue weighted by atomic mass is 9.41. The van der Waals surface area contributed by atoms with E-state index in [9.17, 15) is 85.9 Å². The first-order valence-electron chi connectivity index (χ1n) is 27.1. The van der Waals surface area contributed by atoms with Gasteiger partial charge >= 0.3 is 11.9 Å². The first kappa shape index (κ1) is 60.2. The highest BCUT2D eigenvalue weighted by Gasteiger charge is 2.68. The average molecular weight is 1130 g/mol. The molecular weight excluding hydrogens is 1050 g/mol. The minimum Gasteiger partial charge on any atom is -0.480 e. The van der Waals surface area contributed by atoms with Crippen LogP contribution in [-0.2, 0) is 58.7 Å². The van der Waals surface area contributed by atoms with Crippen molar-refractivity contribution in [3.8, 4) is 0 Å². The molecule has 0 aromatic heterocycles. The Kier molecular flexibility index (Phi) is 18.0. The highest BCUT2D eigenvalue weighted by Crippen LogP contribution is 2.72. The van der Waals surface area contributed by atoms with Gasteiger partial charge in [-0.2, -0.15) is 0 Å². The third-order valence-corrected chi connectivity index (χ3v) is 18.9. The Morgan fingerprint density at radius 3 is 1.81 bits per heavy atom. The summed E-state index contributed by atoms with van der Waals surface area (Å²) >= 11 is 0. The molecule has 8 aliphatic rings. The van der Waals surface area contributed by atoms with Crippen molar-refractivity contribution in [1.82, 2.24) is 5.32 Å². The fourth-order valence-corrected chi connectivity index (χ4v) is 14.7. The van der Waals surface area contributed by atoms with Crippen LogP contribution in [0.1, 0.15) is 70.8 Å². The Labute approximate surface area is 454 Å². The summed E-state index contributed by atoms with van der Waals surface area (Å²) in [6, 6.07) is 6.96. The van der Waals surface area contributed by atoms with Crippen LogP contribution in [0.15, 0.2) is 42.5 Å². The number of aliphatic carboxylic acids is 1. The lowest BCUT2D eigenvalue weighted by Crippen LogP contribution is -2.67. The molecular formula is C53H77NO25. The van der Waals surface area contributed by atoms with Gasteiger partial charge in [0.1, 0.15) is 97.6 Å². The van der Waals surface area contributed by atoms with Crippen LogP contribution in [0.4, 0.5) is 0 Å². The van der Waals surface area contributed by atoms with Crippen LogP contribution in [-0.4, -0.2) is 244 Å². The Morgan fingerprint density at radius 2 is 1.22 bits per heavy atom. The Bertz CT molecular complexity index is 2320. The standard InChI is InChI=1S/C53H77NO25/c1-21-16-53-13-10-29-51(2,11-7-12-52(29,3)50(71)79-48-40(67)36(63)37(64)42(77-48)44(68)54-24(45(69)70)14-22-8-5-4-6-9-22)30(53)15-25(23(21)17-53)72-49-43(78-47-39(66)35(62)32(59)27(19-56)74-47)41(33(60)28(20-57)75-49)76-46-38(65)34(61)31(58)26(18-55)73-46/h4-6,8-9,23-43,46-49,55-67H,1,7,10-20H2,2-3H3,(H,54,68)(H,69,70)/t23?,24-,25?,26-,27-,28-,29+,30?,31-,32-,33-,34+,35+,36+,37+,38-,39-,40-,41?,42+,43-,46+,47+,48?,49-,51-,52-,53+/m1/s1. The molecule has 28 atom stereocenters. The summed E-state index contributed by atoms with van der Waals surface area (Å²) in [4.78, 5) is 40.6. The number of ether oxygens (including phenoxy) is 8. The van der Waals surface area contributed by atoms with E-state index in [1.54, 1.807) is 37.3 Å². The number of rotatable bonds is 16. The van der Waals surface area contributed by atoms with Crippen LogP contribution in [0.3, 0.4) is 0 Å². The number of amides is 1. The second-order valence-electron chi connectivity index (χ2n) is 23.5. The molecule has 4 aliphatic heterocycles. The Balaban J connectivity index is 0.968. The van der Waals surface area contributed by atoms with Crippen molar-refractivity contribution in [2.75, 3.05) is 19.8 Å². The Hall–Kier alpha value is -3.43. The van der Waals surface area contributed by atoms with Gasteiger partial charge in [0, 0.05) is 12.3 Å². The van der Waals surface area contributed by atoms with E-state index in [-0.39, 0.29) is 23.7 Å². The molecule has 1 amide bonds. The van der Waals surface area contributed by atoms with Gasteiger partial charge in [-0.05, 0) is 80.1 Å². The molecule has 1 aromatic rings. The van der Waals surface area contributed by atoms with Gasteiger partial charge in [-0.1, -0.05) is 55.8 Å². The van der Waals surface area contributed by atoms with E-state index in [4.69, 9.17) is 37.9 Å². The summed E-state index contributed by atoms with van der Waals surface area (Å²) in [5.41, 5.74) is -0.808. The first-order chi connectivity index (χ1) is 37.4.